The second-order valence-electron chi connectivity index (χ2n) is 6.41. The van der Waals surface area contributed by atoms with Crippen LogP contribution in [0.4, 0.5) is 5.95 Å². The Morgan fingerprint density at radius 1 is 1.03 bits per heavy atom. The highest BCUT2D eigenvalue weighted by atomic mass is 16.5. The maximum Gasteiger partial charge on any atom is 0.343 e. The van der Waals surface area contributed by atoms with E-state index in [1.165, 1.54) is 13.4 Å². The monoisotopic (exact) mass is 390 g/mol. The van der Waals surface area contributed by atoms with Crippen LogP contribution in [0.5, 0.6) is 5.75 Å². The van der Waals surface area contributed by atoms with Crippen LogP contribution in [0, 0.1) is 0 Å². The molecule has 8 nitrogen and oxygen atoms in total. The summed E-state index contributed by atoms with van der Waals surface area (Å²) >= 11 is 0. The summed E-state index contributed by atoms with van der Waals surface area (Å²) < 4.78 is 12.0. The Morgan fingerprint density at radius 2 is 1.76 bits per heavy atom. The van der Waals surface area contributed by atoms with E-state index < -0.39 is 18.0 Å². The summed E-state index contributed by atoms with van der Waals surface area (Å²) in [4.78, 5) is 28.8. The number of allylic oxidation sites excluding steroid dienone is 1. The molecule has 3 aromatic rings. The van der Waals surface area contributed by atoms with Gasteiger partial charge >= 0.3 is 11.9 Å². The van der Waals surface area contributed by atoms with Gasteiger partial charge in [-0.05, 0) is 36.8 Å². The molecule has 0 aliphatic carbocycles. The predicted octanol–water partition coefficient (Wildman–Crippen LogP) is 2.96. The van der Waals surface area contributed by atoms with Crippen LogP contribution in [0.15, 0.2) is 72.2 Å². The van der Waals surface area contributed by atoms with E-state index in [-0.39, 0.29) is 0 Å². The molecule has 8 heteroatoms. The lowest BCUT2D eigenvalue weighted by Crippen LogP contribution is -2.29. The van der Waals surface area contributed by atoms with Crippen molar-refractivity contribution >= 4 is 17.9 Å². The molecule has 2 heterocycles. The van der Waals surface area contributed by atoms with Crippen molar-refractivity contribution in [3.8, 4) is 5.75 Å². The van der Waals surface area contributed by atoms with Gasteiger partial charge in [-0.3, -0.25) is 0 Å². The third-order valence-electron chi connectivity index (χ3n) is 4.62. The van der Waals surface area contributed by atoms with Gasteiger partial charge in [-0.15, -0.1) is 0 Å². The first-order chi connectivity index (χ1) is 14.1. The Labute approximate surface area is 166 Å². The topological polar surface area (TPSA) is 95.3 Å². The zero-order chi connectivity index (χ0) is 20.4. The van der Waals surface area contributed by atoms with E-state index in [0.717, 1.165) is 5.56 Å². The molecule has 0 saturated carbocycles. The van der Waals surface area contributed by atoms with Gasteiger partial charge in [0.25, 0.3) is 0 Å². The van der Waals surface area contributed by atoms with E-state index in [1.807, 2.05) is 6.07 Å². The van der Waals surface area contributed by atoms with Crippen molar-refractivity contribution < 1.29 is 19.1 Å². The highest BCUT2D eigenvalue weighted by molar-refractivity contribution is 5.92. The predicted molar refractivity (Wildman–Crippen MR) is 104 cm³/mol. The van der Waals surface area contributed by atoms with Crippen LogP contribution in [0.2, 0.25) is 0 Å². The first kappa shape index (κ1) is 18.4. The third-order valence-corrected chi connectivity index (χ3v) is 4.62. The van der Waals surface area contributed by atoms with Crippen molar-refractivity contribution in [2.75, 3.05) is 12.4 Å². The molecule has 1 atom stereocenters. The van der Waals surface area contributed by atoms with Gasteiger partial charge in [0, 0.05) is 5.70 Å². The fourth-order valence-electron chi connectivity index (χ4n) is 3.23. The summed E-state index contributed by atoms with van der Waals surface area (Å²) in [6.45, 7) is 1.79. The normalized spacial score (nSPS) is 15.3. The van der Waals surface area contributed by atoms with E-state index in [1.54, 1.807) is 60.1 Å². The van der Waals surface area contributed by atoms with Crippen molar-refractivity contribution in [1.82, 2.24) is 14.8 Å². The Morgan fingerprint density at radius 3 is 2.45 bits per heavy atom. The van der Waals surface area contributed by atoms with Crippen LogP contribution in [0.1, 0.15) is 28.9 Å². The highest BCUT2D eigenvalue weighted by Crippen LogP contribution is 2.35. The molecule has 4 rings (SSSR count). The van der Waals surface area contributed by atoms with Gasteiger partial charge in [0.2, 0.25) is 5.95 Å². The van der Waals surface area contributed by atoms with Crippen LogP contribution in [0.3, 0.4) is 0 Å². The van der Waals surface area contributed by atoms with Crippen molar-refractivity contribution in [2.24, 2.45) is 0 Å². The van der Waals surface area contributed by atoms with Crippen LogP contribution in [-0.4, -0.2) is 33.8 Å². The maximum absolute atomic E-state index is 12.4. The van der Waals surface area contributed by atoms with Crippen LogP contribution < -0.4 is 10.1 Å². The number of methoxy groups -OCH3 is 1. The number of fused-ring (bicyclic) bond motifs is 1. The number of ether oxygens (including phenoxy) is 2. The van der Waals surface area contributed by atoms with E-state index in [9.17, 15) is 9.59 Å². The Balaban J connectivity index is 1.64. The number of aromatic nitrogens is 3. The van der Waals surface area contributed by atoms with Crippen molar-refractivity contribution in [3.63, 3.8) is 0 Å². The van der Waals surface area contributed by atoms with Gasteiger partial charge < -0.3 is 14.8 Å². The zero-order valence-electron chi connectivity index (χ0n) is 15.8. The maximum atomic E-state index is 12.4. The number of hydrogen-bond donors (Lipinski definition) is 1. The average Bonchev–Trinajstić information content (AvgIpc) is 3.21. The SMILES string of the molecule is COC(=O)C1=C(C)Nc2ncnn2[C@@H]1c1ccc(OC(=O)c2ccccc2)cc1. The van der Waals surface area contributed by atoms with Crippen LogP contribution >= 0.6 is 0 Å². The smallest absolute Gasteiger partial charge is 0.343 e. The summed E-state index contributed by atoms with van der Waals surface area (Å²) in [5.74, 6) is 0.0286. The number of anilines is 1. The van der Waals surface area contributed by atoms with E-state index in [0.29, 0.717) is 28.5 Å². The molecule has 1 aliphatic heterocycles. The molecule has 1 aromatic heterocycles. The molecular formula is C21H18N4O4. The quantitative estimate of drug-likeness (QED) is 0.540. The zero-order valence-corrected chi connectivity index (χ0v) is 15.8. The lowest BCUT2D eigenvalue weighted by atomic mass is 9.96. The number of rotatable bonds is 4. The summed E-state index contributed by atoms with van der Waals surface area (Å²) in [6, 6.07) is 15.2. The number of carbonyl (C=O) groups excluding carboxylic acids is 2. The molecule has 0 fully saturated rings. The fourth-order valence-corrected chi connectivity index (χ4v) is 3.23. The van der Waals surface area contributed by atoms with Gasteiger partial charge in [-0.25, -0.2) is 14.3 Å². The molecule has 0 amide bonds. The largest absolute Gasteiger partial charge is 0.466 e. The minimum atomic E-state index is -0.514. The lowest BCUT2D eigenvalue weighted by Gasteiger charge is -2.27. The van der Waals surface area contributed by atoms with E-state index >= 15 is 0 Å². The van der Waals surface area contributed by atoms with Crippen molar-refractivity contribution in [2.45, 2.75) is 13.0 Å². The summed E-state index contributed by atoms with van der Waals surface area (Å²) in [7, 11) is 1.34. The Hall–Kier alpha value is -3.94. The molecule has 29 heavy (non-hydrogen) atoms. The van der Waals surface area contributed by atoms with Gasteiger partial charge in [0.05, 0.1) is 18.2 Å². The first-order valence-electron chi connectivity index (χ1n) is 8.91. The van der Waals surface area contributed by atoms with Gasteiger partial charge in [-0.1, -0.05) is 30.3 Å². The molecule has 2 aromatic carbocycles. The third kappa shape index (κ3) is 3.47. The number of nitrogens with one attached hydrogen (secondary N) is 1. The second kappa shape index (κ2) is 7.59. The van der Waals surface area contributed by atoms with Crippen LogP contribution in [-0.2, 0) is 9.53 Å². The Bertz CT molecular complexity index is 1090. The fraction of sp³-hybridized carbons (Fsp3) is 0.143. The number of hydrogen-bond acceptors (Lipinski definition) is 7. The second-order valence-corrected chi connectivity index (χ2v) is 6.41. The van der Waals surface area contributed by atoms with Crippen LogP contribution in [0.25, 0.3) is 0 Å². The van der Waals surface area contributed by atoms with E-state index in [2.05, 4.69) is 15.4 Å². The van der Waals surface area contributed by atoms with Gasteiger partial charge in [0.15, 0.2) is 0 Å². The molecular weight excluding hydrogens is 372 g/mol. The number of esters is 2. The van der Waals surface area contributed by atoms with E-state index in [4.69, 9.17) is 9.47 Å². The highest BCUT2D eigenvalue weighted by Gasteiger charge is 2.34. The number of nitrogens with zero attached hydrogens (tertiary/aromatic N) is 3. The summed E-state index contributed by atoms with van der Waals surface area (Å²) in [5, 5.41) is 7.30. The van der Waals surface area contributed by atoms with Gasteiger partial charge in [-0.2, -0.15) is 10.1 Å². The van der Waals surface area contributed by atoms with Gasteiger partial charge in [0.1, 0.15) is 18.1 Å². The standard InChI is InChI=1S/C21H18N4O4/c1-13-17(20(27)28-2)18(25-21(24-13)22-12-23-25)14-8-10-16(11-9-14)29-19(26)15-6-4-3-5-7-15/h3-12,18H,1-2H3,(H,22,23,24)/t18-/m1/s1. The molecule has 1 N–H and O–H groups in total. The molecule has 0 unspecified atom stereocenters. The number of benzene rings is 2. The molecule has 0 bridgehead atoms. The minimum Gasteiger partial charge on any atom is -0.466 e. The minimum absolute atomic E-state index is 0.399. The van der Waals surface area contributed by atoms with Crippen molar-refractivity contribution in [1.29, 1.82) is 0 Å². The van der Waals surface area contributed by atoms with Crippen molar-refractivity contribution in [3.05, 3.63) is 83.3 Å². The lowest BCUT2D eigenvalue weighted by molar-refractivity contribution is -0.136. The molecule has 0 spiro atoms. The Kier molecular flexibility index (Phi) is 4.82. The molecule has 0 saturated heterocycles. The average molecular weight is 390 g/mol. The first-order valence-corrected chi connectivity index (χ1v) is 8.91. The molecule has 146 valence electrons. The summed E-state index contributed by atoms with van der Waals surface area (Å²) in [6.07, 6.45) is 1.42. The molecule has 1 aliphatic rings. The number of carbonyl (C=O) groups is 2. The molecule has 0 radical (unpaired) electrons. The summed E-state index contributed by atoms with van der Waals surface area (Å²) in [5.41, 5.74) is 2.31.